The van der Waals surface area contributed by atoms with E-state index < -0.39 is 0 Å². The van der Waals surface area contributed by atoms with E-state index in [2.05, 4.69) is 25.9 Å². The highest BCUT2D eigenvalue weighted by Gasteiger charge is 2.19. The third kappa shape index (κ3) is 2.67. The van der Waals surface area contributed by atoms with Gasteiger partial charge in [0.2, 0.25) is 11.9 Å². The Morgan fingerprint density at radius 2 is 2.40 bits per heavy atom. The summed E-state index contributed by atoms with van der Waals surface area (Å²) in [5.41, 5.74) is 0. The van der Waals surface area contributed by atoms with Crippen LogP contribution in [0.5, 0.6) is 0 Å². The molecule has 1 atom stereocenters. The van der Waals surface area contributed by atoms with Crippen molar-refractivity contribution in [1.82, 2.24) is 15.3 Å². The number of rotatable bonds is 4. The number of carbonyl (C=O) groups excluding carboxylic acids is 1. The first-order valence-electron chi connectivity index (χ1n) is 6.78. The van der Waals surface area contributed by atoms with Crippen LogP contribution < -0.4 is 16.0 Å². The lowest BCUT2D eigenvalue weighted by Crippen LogP contribution is -2.42. The highest BCUT2D eigenvalue weighted by Crippen LogP contribution is 2.27. The Hall–Kier alpha value is -1.89. The molecule has 1 aliphatic heterocycles. The molecule has 1 aliphatic rings. The van der Waals surface area contributed by atoms with Gasteiger partial charge in [-0.05, 0) is 24.8 Å². The smallest absolute Gasteiger partial charge is 0.226 e. The number of nitrogens with one attached hydrogen (secondary N) is 3. The van der Waals surface area contributed by atoms with Crippen molar-refractivity contribution >= 4 is 39.2 Å². The summed E-state index contributed by atoms with van der Waals surface area (Å²) in [6, 6.07) is 2.25. The van der Waals surface area contributed by atoms with Crippen LogP contribution in [0.3, 0.4) is 0 Å². The van der Waals surface area contributed by atoms with Crippen molar-refractivity contribution in [1.29, 1.82) is 0 Å². The SMILES string of the molecule is CCNc1nc(NC2CCC(=O)NC2)c2ccsc2n1. The van der Waals surface area contributed by atoms with Gasteiger partial charge in [0.1, 0.15) is 10.6 Å². The summed E-state index contributed by atoms with van der Waals surface area (Å²) in [4.78, 5) is 21.2. The molecule has 7 heteroatoms. The van der Waals surface area contributed by atoms with Gasteiger partial charge in [0.25, 0.3) is 0 Å². The molecule has 106 valence electrons. The van der Waals surface area contributed by atoms with Crippen LogP contribution >= 0.6 is 11.3 Å². The Kier molecular flexibility index (Phi) is 3.68. The Balaban J connectivity index is 1.85. The minimum atomic E-state index is 0.125. The minimum absolute atomic E-state index is 0.125. The molecule has 3 heterocycles. The van der Waals surface area contributed by atoms with Crippen LogP contribution in [0.15, 0.2) is 11.4 Å². The van der Waals surface area contributed by atoms with E-state index in [-0.39, 0.29) is 11.9 Å². The van der Waals surface area contributed by atoms with Gasteiger partial charge in [-0.25, -0.2) is 4.98 Å². The molecule has 3 rings (SSSR count). The Morgan fingerprint density at radius 1 is 1.50 bits per heavy atom. The van der Waals surface area contributed by atoms with Crippen molar-refractivity contribution in [3.05, 3.63) is 11.4 Å². The van der Waals surface area contributed by atoms with Gasteiger partial charge in [-0.2, -0.15) is 4.98 Å². The number of fused-ring (bicyclic) bond motifs is 1. The van der Waals surface area contributed by atoms with E-state index in [0.717, 1.165) is 29.0 Å². The minimum Gasteiger partial charge on any atom is -0.365 e. The lowest BCUT2D eigenvalue weighted by Gasteiger charge is -2.24. The fourth-order valence-electron chi connectivity index (χ4n) is 2.25. The van der Waals surface area contributed by atoms with Crippen molar-refractivity contribution in [3.8, 4) is 0 Å². The second kappa shape index (κ2) is 5.62. The van der Waals surface area contributed by atoms with E-state index in [0.29, 0.717) is 18.9 Å². The van der Waals surface area contributed by atoms with Crippen molar-refractivity contribution in [2.24, 2.45) is 0 Å². The maximum absolute atomic E-state index is 11.2. The number of thiophene rings is 1. The van der Waals surface area contributed by atoms with Gasteiger partial charge in [0.15, 0.2) is 0 Å². The van der Waals surface area contributed by atoms with Gasteiger partial charge in [0, 0.05) is 25.6 Å². The van der Waals surface area contributed by atoms with Crippen molar-refractivity contribution in [2.45, 2.75) is 25.8 Å². The molecule has 0 bridgehead atoms. The highest BCUT2D eigenvalue weighted by molar-refractivity contribution is 7.16. The zero-order valence-corrected chi connectivity index (χ0v) is 12.1. The number of amides is 1. The summed E-state index contributed by atoms with van der Waals surface area (Å²) >= 11 is 1.60. The van der Waals surface area contributed by atoms with Crippen LogP contribution in [0, 0.1) is 0 Å². The zero-order chi connectivity index (χ0) is 13.9. The summed E-state index contributed by atoms with van der Waals surface area (Å²) in [5.74, 6) is 1.61. The topological polar surface area (TPSA) is 78.9 Å². The Morgan fingerprint density at radius 3 is 3.15 bits per heavy atom. The molecule has 2 aromatic heterocycles. The molecule has 1 unspecified atom stereocenters. The van der Waals surface area contributed by atoms with Gasteiger partial charge in [-0.3, -0.25) is 4.79 Å². The van der Waals surface area contributed by atoms with E-state index in [1.807, 2.05) is 18.4 Å². The molecule has 0 aliphatic carbocycles. The first-order chi connectivity index (χ1) is 9.76. The van der Waals surface area contributed by atoms with E-state index in [9.17, 15) is 4.79 Å². The number of aromatic nitrogens is 2. The Bertz CT molecular complexity index is 616. The van der Waals surface area contributed by atoms with Gasteiger partial charge in [0.05, 0.1) is 5.39 Å². The second-order valence-corrected chi connectivity index (χ2v) is 5.64. The number of piperidine rings is 1. The van der Waals surface area contributed by atoms with Gasteiger partial charge >= 0.3 is 0 Å². The lowest BCUT2D eigenvalue weighted by atomic mass is 10.1. The highest BCUT2D eigenvalue weighted by atomic mass is 32.1. The third-order valence-electron chi connectivity index (χ3n) is 3.27. The third-order valence-corrected chi connectivity index (χ3v) is 4.07. The predicted molar refractivity (Wildman–Crippen MR) is 81.2 cm³/mol. The van der Waals surface area contributed by atoms with E-state index >= 15 is 0 Å². The van der Waals surface area contributed by atoms with Crippen LogP contribution in [-0.2, 0) is 4.79 Å². The largest absolute Gasteiger partial charge is 0.365 e. The summed E-state index contributed by atoms with van der Waals surface area (Å²) in [5, 5.41) is 12.5. The maximum atomic E-state index is 11.2. The first-order valence-corrected chi connectivity index (χ1v) is 7.66. The van der Waals surface area contributed by atoms with E-state index in [4.69, 9.17) is 0 Å². The van der Waals surface area contributed by atoms with E-state index in [1.54, 1.807) is 11.3 Å². The molecule has 6 nitrogen and oxygen atoms in total. The summed E-state index contributed by atoms with van der Waals surface area (Å²) < 4.78 is 0. The lowest BCUT2D eigenvalue weighted by molar-refractivity contribution is -0.122. The maximum Gasteiger partial charge on any atom is 0.226 e. The fourth-order valence-corrected chi connectivity index (χ4v) is 3.02. The monoisotopic (exact) mass is 291 g/mol. The molecule has 2 aromatic rings. The molecule has 0 radical (unpaired) electrons. The van der Waals surface area contributed by atoms with Crippen LogP contribution in [0.4, 0.5) is 11.8 Å². The predicted octanol–water partition coefficient (Wildman–Crippen LogP) is 1.81. The number of hydrogen-bond acceptors (Lipinski definition) is 6. The standard InChI is InChI=1S/C13H17N5OS/c1-2-14-13-17-11(9-5-6-20-12(9)18-13)16-8-3-4-10(19)15-7-8/h5-6,8H,2-4,7H2,1H3,(H,15,19)(H2,14,16,17,18). The van der Waals surface area contributed by atoms with Crippen LogP contribution in [-0.4, -0.2) is 35.0 Å². The molecule has 1 amide bonds. The molecule has 3 N–H and O–H groups in total. The van der Waals surface area contributed by atoms with Crippen molar-refractivity contribution in [3.63, 3.8) is 0 Å². The molecule has 0 aromatic carbocycles. The van der Waals surface area contributed by atoms with Crippen LogP contribution in [0.2, 0.25) is 0 Å². The number of anilines is 2. The van der Waals surface area contributed by atoms with Gasteiger partial charge in [-0.1, -0.05) is 0 Å². The Labute approximate surface area is 121 Å². The fraction of sp³-hybridized carbons (Fsp3) is 0.462. The molecule has 20 heavy (non-hydrogen) atoms. The molecule has 0 saturated carbocycles. The van der Waals surface area contributed by atoms with Gasteiger partial charge in [-0.15, -0.1) is 11.3 Å². The second-order valence-electron chi connectivity index (χ2n) is 4.75. The summed E-state index contributed by atoms with van der Waals surface area (Å²) in [7, 11) is 0. The molecule has 1 saturated heterocycles. The average molecular weight is 291 g/mol. The molecule has 0 spiro atoms. The average Bonchev–Trinajstić information content (AvgIpc) is 2.90. The molecular weight excluding hydrogens is 274 g/mol. The number of carbonyl (C=O) groups is 1. The number of hydrogen-bond donors (Lipinski definition) is 3. The summed E-state index contributed by atoms with van der Waals surface area (Å²) in [6.07, 6.45) is 1.40. The number of nitrogens with zero attached hydrogens (tertiary/aromatic N) is 2. The summed E-state index contributed by atoms with van der Waals surface area (Å²) in [6.45, 7) is 3.45. The molecule has 1 fully saturated rings. The first kappa shape index (κ1) is 13.1. The van der Waals surface area contributed by atoms with Crippen molar-refractivity contribution in [2.75, 3.05) is 23.7 Å². The van der Waals surface area contributed by atoms with Crippen LogP contribution in [0.1, 0.15) is 19.8 Å². The zero-order valence-electron chi connectivity index (χ0n) is 11.3. The quantitative estimate of drug-likeness (QED) is 0.800. The van der Waals surface area contributed by atoms with E-state index in [1.165, 1.54) is 0 Å². The normalized spacial score (nSPS) is 18.9. The van der Waals surface area contributed by atoms with Crippen LogP contribution in [0.25, 0.3) is 10.2 Å². The van der Waals surface area contributed by atoms with Gasteiger partial charge < -0.3 is 16.0 Å². The van der Waals surface area contributed by atoms with Crippen molar-refractivity contribution < 1.29 is 4.79 Å². The molecular formula is C13H17N5OS.